The molecule has 0 atom stereocenters. The molecule has 0 unspecified atom stereocenters. The number of aromatic nitrogens is 3. The highest BCUT2D eigenvalue weighted by molar-refractivity contribution is 6.41. The average molecular weight is 460 g/mol. The zero-order valence-electron chi connectivity index (χ0n) is 16.6. The summed E-state index contributed by atoms with van der Waals surface area (Å²) in [5.41, 5.74) is 1.82. The zero-order chi connectivity index (χ0) is 22.4. The van der Waals surface area contributed by atoms with Crippen molar-refractivity contribution in [1.29, 1.82) is 0 Å². The number of aryl methyl sites for hydroxylation is 1. The number of rotatable bonds is 7. The number of hydrogen-bond acceptors (Lipinski definition) is 5. The standard InChI is InChI=1S/C21H19Cl2N5O3/c1-13-5-6-15(27-18(29)12-28-21(31)19(23)17(22)11-26-28)10-16(13)20(30)25-9-7-14-4-2-3-8-24-14/h2-6,8,10-11H,7,9,12H2,1H3,(H,25,30)(H,27,29). The Bertz CT molecular complexity index is 1170. The van der Waals surface area contributed by atoms with Gasteiger partial charge in [-0.15, -0.1) is 0 Å². The number of halogens is 2. The number of nitrogens with zero attached hydrogens (tertiary/aromatic N) is 3. The summed E-state index contributed by atoms with van der Waals surface area (Å²) in [7, 11) is 0. The largest absolute Gasteiger partial charge is 0.352 e. The lowest BCUT2D eigenvalue weighted by atomic mass is 10.1. The maximum absolute atomic E-state index is 12.6. The highest BCUT2D eigenvalue weighted by Gasteiger charge is 2.13. The molecule has 0 spiro atoms. The fourth-order valence-corrected chi connectivity index (χ4v) is 3.05. The number of pyridine rings is 1. The quantitative estimate of drug-likeness (QED) is 0.564. The minimum Gasteiger partial charge on any atom is -0.352 e. The lowest BCUT2D eigenvalue weighted by Gasteiger charge is -2.11. The second-order valence-corrected chi connectivity index (χ2v) is 7.46. The Labute approximate surface area is 188 Å². The van der Waals surface area contributed by atoms with Crippen LogP contribution < -0.4 is 16.2 Å². The predicted octanol–water partition coefficient (Wildman–Crippen LogP) is 2.86. The summed E-state index contributed by atoms with van der Waals surface area (Å²) in [6.45, 7) is 1.88. The summed E-state index contributed by atoms with van der Waals surface area (Å²) in [5.74, 6) is -0.759. The van der Waals surface area contributed by atoms with E-state index < -0.39 is 11.5 Å². The van der Waals surface area contributed by atoms with E-state index in [-0.39, 0.29) is 22.5 Å². The second kappa shape index (κ2) is 10.2. The first-order valence-corrected chi connectivity index (χ1v) is 10.1. The zero-order valence-corrected chi connectivity index (χ0v) is 18.1. The van der Waals surface area contributed by atoms with Crippen LogP contribution in [0.2, 0.25) is 10.0 Å². The van der Waals surface area contributed by atoms with Crippen LogP contribution in [-0.4, -0.2) is 33.1 Å². The molecule has 0 fully saturated rings. The Morgan fingerprint density at radius 2 is 1.97 bits per heavy atom. The van der Waals surface area contributed by atoms with Gasteiger partial charge in [-0.2, -0.15) is 5.10 Å². The van der Waals surface area contributed by atoms with Gasteiger partial charge in [0.25, 0.3) is 11.5 Å². The van der Waals surface area contributed by atoms with Crippen LogP contribution in [0.5, 0.6) is 0 Å². The van der Waals surface area contributed by atoms with Crippen LogP contribution in [0.4, 0.5) is 5.69 Å². The number of carbonyl (C=O) groups excluding carboxylic acids is 2. The van der Waals surface area contributed by atoms with Crippen LogP contribution in [0.15, 0.2) is 53.6 Å². The van der Waals surface area contributed by atoms with Crippen LogP contribution >= 0.6 is 23.2 Å². The molecular formula is C21H19Cl2N5O3. The molecule has 0 aliphatic heterocycles. The van der Waals surface area contributed by atoms with Crippen molar-refractivity contribution in [3.05, 3.63) is 86.0 Å². The lowest BCUT2D eigenvalue weighted by Crippen LogP contribution is -2.30. The third-order valence-electron chi connectivity index (χ3n) is 4.39. The second-order valence-electron chi connectivity index (χ2n) is 6.67. The molecule has 3 rings (SSSR count). The van der Waals surface area contributed by atoms with Gasteiger partial charge in [-0.05, 0) is 36.8 Å². The number of anilines is 1. The van der Waals surface area contributed by atoms with E-state index in [0.717, 1.165) is 15.9 Å². The van der Waals surface area contributed by atoms with Crippen molar-refractivity contribution in [2.75, 3.05) is 11.9 Å². The summed E-state index contributed by atoms with van der Waals surface area (Å²) < 4.78 is 0.906. The van der Waals surface area contributed by atoms with Gasteiger partial charge in [-0.1, -0.05) is 35.3 Å². The molecule has 2 heterocycles. The van der Waals surface area contributed by atoms with E-state index in [9.17, 15) is 14.4 Å². The van der Waals surface area contributed by atoms with Crippen molar-refractivity contribution < 1.29 is 9.59 Å². The maximum Gasteiger partial charge on any atom is 0.287 e. The topological polar surface area (TPSA) is 106 Å². The Morgan fingerprint density at radius 1 is 1.16 bits per heavy atom. The van der Waals surface area contributed by atoms with Crippen LogP contribution in [0.25, 0.3) is 0 Å². The molecule has 2 N–H and O–H groups in total. The molecule has 2 amide bonds. The first-order valence-electron chi connectivity index (χ1n) is 9.35. The Morgan fingerprint density at radius 3 is 2.71 bits per heavy atom. The van der Waals surface area contributed by atoms with Gasteiger partial charge in [0.1, 0.15) is 11.6 Å². The number of nitrogens with one attached hydrogen (secondary N) is 2. The molecule has 0 bridgehead atoms. The third-order valence-corrected chi connectivity index (χ3v) is 5.14. The molecule has 31 heavy (non-hydrogen) atoms. The Hall–Kier alpha value is -3.23. The van der Waals surface area contributed by atoms with E-state index in [0.29, 0.717) is 24.2 Å². The lowest BCUT2D eigenvalue weighted by molar-refractivity contribution is -0.117. The molecule has 1 aromatic carbocycles. The summed E-state index contributed by atoms with van der Waals surface area (Å²) in [6, 6.07) is 10.6. The molecule has 0 saturated heterocycles. The van der Waals surface area contributed by atoms with E-state index in [2.05, 4.69) is 20.7 Å². The van der Waals surface area contributed by atoms with Gasteiger partial charge >= 0.3 is 0 Å². The van der Waals surface area contributed by atoms with E-state index in [1.54, 1.807) is 31.3 Å². The molecule has 2 aromatic heterocycles. The summed E-state index contributed by atoms with van der Waals surface area (Å²) >= 11 is 11.5. The van der Waals surface area contributed by atoms with Gasteiger partial charge in [0, 0.05) is 36.1 Å². The van der Waals surface area contributed by atoms with E-state index in [4.69, 9.17) is 23.2 Å². The van der Waals surface area contributed by atoms with E-state index in [1.165, 1.54) is 6.20 Å². The fraction of sp³-hybridized carbons (Fsp3) is 0.190. The molecule has 8 nitrogen and oxygen atoms in total. The first kappa shape index (κ1) is 22.5. The smallest absolute Gasteiger partial charge is 0.287 e. The monoisotopic (exact) mass is 459 g/mol. The van der Waals surface area contributed by atoms with Crippen molar-refractivity contribution in [2.45, 2.75) is 19.9 Å². The SMILES string of the molecule is Cc1ccc(NC(=O)Cn2ncc(Cl)c(Cl)c2=O)cc1C(=O)NCCc1ccccn1. The van der Waals surface area contributed by atoms with Crippen LogP contribution in [-0.2, 0) is 17.8 Å². The highest BCUT2D eigenvalue weighted by atomic mass is 35.5. The third kappa shape index (κ3) is 5.90. The highest BCUT2D eigenvalue weighted by Crippen LogP contribution is 2.16. The van der Waals surface area contributed by atoms with Crippen molar-refractivity contribution in [2.24, 2.45) is 0 Å². The number of carbonyl (C=O) groups is 2. The summed E-state index contributed by atoms with van der Waals surface area (Å²) in [6.07, 6.45) is 3.50. The van der Waals surface area contributed by atoms with Crippen LogP contribution in [0.1, 0.15) is 21.6 Å². The summed E-state index contributed by atoms with van der Waals surface area (Å²) in [4.78, 5) is 41.1. The van der Waals surface area contributed by atoms with Crippen molar-refractivity contribution in [3.63, 3.8) is 0 Å². The molecule has 10 heteroatoms. The molecule has 0 radical (unpaired) electrons. The van der Waals surface area contributed by atoms with Crippen LogP contribution in [0.3, 0.4) is 0 Å². The van der Waals surface area contributed by atoms with Gasteiger partial charge < -0.3 is 10.6 Å². The Balaban J connectivity index is 1.63. The van der Waals surface area contributed by atoms with Crippen molar-refractivity contribution >= 4 is 40.7 Å². The number of benzene rings is 1. The number of hydrogen-bond donors (Lipinski definition) is 2. The molecule has 0 saturated carbocycles. The fourth-order valence-electron chi connectivity index (χ4n) is 2.78. The summed E-state index contributed by atoms with van der Waals surface area (Å²) in [5, 5.41) is 9.11. The van der Waals surface area contributed by atoms with Crippen molar-refractivity contribution in [3.8, 4) is 0 Å². The average Bonchev–Trinajstić information content (AvgIpc) is 2.76. The van der Waals surface area contributed by atoms with Gasteiger partial charge in [-0.25, -0.2) is 4.68 Å². The minimum atomic E-state index is -0.666. The molecule has 3 aromatic rings. The molecule has 0 aliphatic rings. The number of amides is 2. The predicted molar refractivity (Wildman–Crippen MR) is 119 cm³/mol. The van der Waals surface area contributed by atoms with Gasteiger partial charge in [0.05, 0.1) is 11.2 Å². The molecule has 0 aliphatic carbocycles. The molecular weight excluding hydrogens is 441 g/mol. The maximum atomic E-state index is 12.6. The molecule has 160 valence electrons. The van der Waals surface area contributed by atoms with E-state index >= 15 is 0 Å². The first-order chi connectivity index (χ1) is 14.8. The van der Waals surface area contributed by atoms with E-state index in [1.807, 2.05) is 18.2 Å². The van der Waals surface area contributed by atoms with Gasteiger partial charge in [0.2, 0.25) is 5.91 Å². The van der Waals surface area contributed by atoms with Crippen molar-refractivity contribution in [1.82, 2.24) is 20.1 Å². The minimum absolute atomic E-state index is 0.0144. The van der Waals surface area contributed by atoms with Gasteiger partial charge in [0.15, 0.2) is 0 Å². The van der Waals surface area contributed by atoms with Gasteiger partial charge in [-0.3, -0.25) is 19.4 Å². The van der Waals surface area contributed by atoms with Crippen LogP contribution in [0, 0.1) is 6.92 Å². The Kier molecular flexibility index (Phi) is 7.38. The normalized spacial score (nSPS) is 10.5.